The fourth-order valence-electron chi connectivity index (χ4n) is 0.842. The zero-order chi connectivity index (χ0) is 9.68. The summed E-state index contributed by atoms with van der Waals surface area (Å²) < 4.78 is 12.7. The Morgan fingerprint density at radius 1 is 1.46 bits per heavy atom. The molecule has 1 aromatic carbocycles. The van der Waals surface area contributed by atoms with Crippen molar-refractivity contribution in [2.75, 3.05) is 12.3 Å². The van der Waals surface area contributed by atoms with Gasteiger partial charge in [0.05, 0.1) is 12.3 Å². The third kappa shape index (κ3) is 2.77. The molecule has 1 rings (SSSR count). The van der Waals surface area contributed by atoms with E-state index >= 15 is 0 Å². The van der Waals surface area contributed by atoms with Crippen LogP contribution in [0.1, 0.15) is 12.0 Å². The first-order valence-corrected chi connectivity index (χ1v) is 3.89. The summed E-state index contributed by atoms with van der Waals surface area (Å²) in [6.07, 6.45) is 0.414. The maximum atomic E-state index is 12.7. The van der Waals surface area contributed by atoms with E-state index in [9.17, 15) is 4.39 Å². The van der Waals surface area contributed by atoms with Crippen molar-refractivity contribution in [2.45, 2.75) is 6.42 Å². The third-order valence-electron chi connectivity index (χ3n) is 1.47. The zero-order valence-electron chi connectivity index (χ0n) is 7.05. The minimum atomic E-state index is -0.437. The van der Waals surface area contributed by atoms with Gasteiger partial charge in [0, 0.05) is 12.0 Å². The minimum Gasteiger partial charge on any atom is -0.396 e. The van der Waals surface area contributed by atoms with Crippen molar-refractivity contribution in [2.24, 2.45) is 0 Å². The van der Waals surface area contributed by atoms with Gasteiger partial charge in [-0.15, -0.1) is 0 Å². The van der Waals surface area contributed by atoms with E-state index in [0.717, 1.165) is 0 Å². The van der Waals surface area contributed by atoms with Gasteiger partial charge in [0.25, 0.3) is 0 Å². The Morgan fingerprint density at radius 2 is 2.23 bits per heavy atom. The van der Waals surface area contributed by atoms with Crippen molar-refractivity contribution in [1.29, 1.82) is 0 Å². The van der Waals surface area contributed by atoms with E-state index < -0.39 is 5.82 Å². The Bertz CT molecular complexity index is 352. The van der Waals surface area contributed by atoms with E-state index in [2.05, 4.69) is 11.8 Å². The summed E-state index contributed by atoms with van der Waals surface area (Å²) in [5.74, 6) is 5.04. The normalized spacial score (nSPS) is 9.08. The maximum absolute atomic E-state index is 12.7. The van der Waals surface area contributed by atoms with Gasteiger partial charge < -0.3 is 10.8 Å². The van der Waals surface area contributed by atoms with Crippen molar-refractivity contribution in [3.05, 3.63) is 29.6 Å². The minimum absolute atomic E-state index is 0.0314. The predicted octanol–water partition coefficient (Wildman–Crippen LogP) is 1.14. The highest BCUT2D eigenvalue weighted by Gasteiger charge is 1.96. The van der Waals surface area contributed by atoms with Crippen LogP contribution in [-0.4, -0.2) is 11.7 Å². The Labute approximate surface area is 76.2 Å². The molecule has 0 aliphatic rings. The van der Waals surface area contributed by atoms with Crippen LogP contribution >= 0.6 is 0 Å². The molecule has 0 atom stereocenters. The van der Waals surface area contributed by atoms with Crippen molar-refractivity contribution in [3.8, 4) is 11.8 Å². The second kappa shape index (κ2) is 4.48. The number of hydrogen-bond acceptors (Lipinski definition) is 2. The predicted molar refractivity (Wildman–Crippen MR) is 49.4 cm³/mol. The van der Waals surface area contributed by atoms with Crippen LogP contribution in [-0.2, 0) is 0 Å². The Morgan fingerprint density at radius 3 is 2.85 bits per heavy atom. The molecule has 1 aromatic rings. The van der Waals surface area contributed by atoms with Gasteiger partial charge in [-0.25, -0.2) is 4.39 Å². The highest BCUT2D eigenvalue weighted by Crippen LogP contribution is 2.10. The topological polar surface area (TPSA) is 46.2 Å². The summed E-state index contributed by atoms with van der Waals surface area (Å²) in [7, 11) is 0. The molecule has 0 saturated heterocycles. The molecule has 0 heterocycles. The molecule has 0 unspecified atom stereocenters. The number of benzene rings is 1. The summed E-state index contributed by atoms with van der Waals surface area (Å²) in [6, 6.07) is 4.30. The molecule has 68 valence electrons. The lowest BCUT2D eigenvalue weighted by Gasteiger charge is -1.95. The second-order valence-electron chi connectivity index (χ2n) is 2.51. The van der Waals surface area contributed by atoms with Crippen LogP contribution in [0.15, 0.2) is 18.2 Å². The van der Waals surface area contributed by atoms with E-state index in [4.69, 9.17) is 10.8 Å². The molecule has 3 heteroatoms. The number of aliphatic hydroxyl groups is 1. The number of nitrogen functional groups attached to an aromatic ring is 1. The Balaban J connectivity index is 2.81. The standard InChI is InChI=1S/C10H10FNO/c11-9-5-4-8(7-10(9)12)3-1-2-6-13/h4-5,7,13H,2,6,12H2. The van der Waals surface area contributed by atoms with Gasteiger partial charge in [0.2, 0.25) is 0 Å². The van der Waals surface area contributed by atoms with Gasteiger partial charge in [-0.2, -0.15) is 0 Å². The fourth-order valence-corrected chi connectivity index (χ4v) is 0.842. The molecular formula is C10H10FNO. The van der Waals surface area contributed by atoms with Crippen molar-refractivity contribution < 1.29 is 9.50 Å². The maximum Gasteiger partial charge on any atom is 0.146 e. The van der Waals surface area contributed by atoms with Crippen LogP contribution in [0.25, 0.3) is 0 Å². The molecule has 0 aliphatic heterocycles. The van der Waals surface area contributed by atoms with E-state index in [1.165, 1.54) is 12.1 Å². The second-order valence-corrected chi connectivity index (χ2v) is 2.51. The molecule has 0 fully saturated rings. The van der Waals surface area contributed by atoms with Crippen LogP contribution in [0.5, 0.6) is 0 Å². The number of aliphatic hydroxyl groups excluding tert-OH is 1. The number of nitrogens with two attached hydrogens (primary N) is 1. The summed E-state index contributed by atoms with van der Waals surface area (Å²) in [5, 5.41) is 8.46. The van der Waals surface area contributed by atoms with E-state index in [0.29, 0.717) is 12.0 Å². The van der Waals surface area contributed by atoms with Gasteiger partial charge in [-0.05, 0) is 18.2 Å². The average molecular weight is 179 g/mol. The average Bonchev–Trinajstić information content (AvgIpc) is 2.12. The Hall–Kier alpha value is -1.53. The monoisotopic (exact) mass is 179 g/mol. The SMILES string of the molecule is Nc1cc(C#CCCO)ccc1F. The number of rotatable bonds is 1. The first-order valence-electron chi connectivity index (χ1n) is 3.89. The van der Waals surface area contributed by atoms with Gasteiger partial charge in [0.1, 0.15) is 5.82 Å². The molecule has 0 radical (unpaired) electrons. The molecule has 0 spiro atoms. The molecule has 3 N–H and O–H groups in total. The van der Waals surface area contributed by atoms with Crippen LogP contribution < -0.4 is 5.73 Å². The van der Waals surface area contributed by atoms with Crippen LogP contribution in [0.4, 0.5) is 10.1 Å². The summed E-state index contributed by atoms with van der Waals surface area (Å²) in [4.78, 5) is 0. The third-order valence-corrected chi connectivity index (χ3v) is 1.47. The lowest BCUT2D eigenvalue weighted by molar-refractivity contribution is 0.305. The number of halogens is 1. The molecule has 0 amide bonds. The van der Waals surface area contributed by atoms with Gasteiger partial charge in [-0.1, -0.05) is 11.8 Å². The molecule has 0 saturated carbocycles. The number of hydrogen-bond donors (Lipinski definition) is 2. The van der Waals surface area contributed by atoms with Crippen molar-refractivity contribution in [1.82, 2.24) is 0 Å². The number of anilines is 1. The smallest absolute Gasteiger partial charge is 0.146 e. The van der Waals surface area contributed by atoms with E-state index in [1.54, 1.807) is 6.07 Å². The van der Waals surface area contributed by atoms with E-state index in [1.807, 2.05) is 0 Å². The molecular weight excluding hydrogens is 169 g/mol. The molecule has 0 aliphatic carbocycles. The largest absolute Gasteiger partial charge is 0.396 e. The van der Waals surface area contributed by atoms with Crippen molar-refractivity contribution in [3.63, 3.8) is 0 Å². The molecule has 0 bridgehead atoms. The van der Waals surface area contributed by atoms with Gasteiger partial charge >= 0.3 is 0 Å². The first kappa shape index (κ1) is 9.56. The molecule has 0 aromatic heterocycles. The van der Waals surface area contributed by atoms with Crippen LogP contribution in [0, 0.1) is 17.7 Å². The molecule has 13 heavy (non-hydrogen) atoms. The molecule has 2 nitrogen and oxygen atoms in total. The highest BCUT2D eigenvalue weighted by atomic mass is 19.1. The van der Waals surface area contributed by atoms with Gasteiger partial charge in [0.15, 0.2) is 0 Å². The van der Waals surface area contributed by atoms with E-state index in [-0.39, 0.29) is 12.3 Å². The first-order chi connectivity index (χ1) is 6.24. The quantitative estimate of drug-likeness (QED) is 0.501. The van der Waals surface area contributed by atoms with Crippen LogP contribution in [0.2, 0.25) is 0 Å². The highest BCUT2D eigenvalue weighted by molar-refractivity contribution is 5.48. The lowest BCUT2D eigenvalue weighted by Crippen LogP contribution is -1.90. The summed E-state index contributed by atoms with van der Waals surface area (Å²) in [5.41, 5.74) is 6.09. The fraction of sp³-hybridized carbons (Fsp3) is 0.200. The van der Waals surface area contributed by atoms with Crippen LogP contribution in [0.3, 0.4) is 0 Å². The lowest BCUT2D eigenvalue weighted by atomic mass is 10.2. The Kier molecular flexibility index (Phi) is 3.30. The zero-order valence-corrected chi connectivity index (χ0v) is 7.05. The van der Waals surface area contributed by atoms with Gasteiger partial charge in [-0.3, -0.25) is 0 Å². The van der Waals surface area contributed by atoms with Crippen molar-refractivity contribution >= 4 is 5.69 Å². The summed E-state index contributed by atoms with van der Waals surface area (Å²) in [6.45, 7) is 0.0314. The summed E-state index contributed by atoms with van der Waals surface area (Å²) >= 11 is 0.